The average Bonchev–Trinajstić information content (AvgIpc) is 2.89. The van der Waals surface area contributed by atoms with Crippen LogP contribution in [0.3, 0.4) is 0 Å². The van der Waals surface area contributed by atoms with Crippen LogP contribution in [-0.4, -0.2) is 50.4 Å². The molecular formula is C31H39N3O5S. The van der Waals surface area contributed by atoms with Gasteiger partial charge in [0.25, 0.3) is 10.0 Å². The van der Waals surface area contributed by atoms with E-state index in [1.807, 2.05) is 58.9 Å². The molecule has 214 valence electrons. The Labute approximate surface area is 238 Å². The molecule has 3 aromatic carbocycles. The number of sulfonamides is 1. The Morgan fingerprint density at radius 3 is 2.17 bits per heavy atom. The summed E-state index contributed by atoms with van der Waals surface area (Å²) >= 11 is 0. The summed E-state index contributed by atoms with van der Waals surface area (Å²) < 4.78 is 34.5. The molecule has 0 bridgehead atoms. The number of nitrogens with one attached hydrogen (secondary N) is 1. The summed E-state index contributed by atoms with van der Waals surface area (Å²) in [4.78, 5) is 28.7. The minimum absolute atomic E-state index is 0.0422. The predicted molar refractivity (Wildman–Crippen MR) is 158 cm³/mol. The smallest absolute Gasteiger partial charge is 0.264 e. The predicted octanol–water partition coefficient (Wildman–Crippen LogP) is 4.84. The Hall–Kier alpha value is -3.85. The molecule has 0 aliphatic heterocycles. The number of para-hydroxylation sites is 2. The van der Waals surface area contributed by atoms with Crippen LogP contribution in [0.2, 0.25) is 0 Å². The van der Waals surface area contributed by atoms with Gasteiger partial charge in [0.05, 0.1) is 17.7 Å². The molecule has 1 N–H and O–H groups in total. The molecule has 0 aliphatic rings. The molecule has 3 aromatic rings. The molecule has 0 saturated carbocycles. The van der Waals surface area contributed by atoms with Gasteiger partial charge in [-0.2, -0.15) is 0 Å². The van der Waals surface area contributed by atoms with E-state index in [2.05, 4.69) is 5.32 Å². The molecule has 0 aromatic heterocycles. The van der Waals surface area contributed by atoms with Crippen molar-refractivity contribution < 1.29 is 22.7 Å². The molecule has 3 rings (SSSR count). The highest BCUT2D eigenvalue weighted by atomic mass is 32.2. The highest BCUT2D eigenvalue weighted by molar-refractivity contribution is 7.92. The summed E-state index contributed by atoms with van der Waals surface area (Å²) in [5.74, 6) is -0.562. The zero-order valence-electron chi connectivity index (χ0n) is 24.3. The average molecular weight is 566 g/mol. The van der Waals surface area contributed by atoms with Crippen LogP contribution >= 0.6 is 0 Å². The van der Waals surface area contributed by atoms with Crippen LogP contribution < -0.4 is 14.4 Å². The van der Waals surface area contributed by atoms with Crippen LogP contribution in [0.5, 0.6) is 5.75 Å². The van der Waals surface area contributed by atoms with Crippen LogP contribution in [-0.2, 0) is 26.2 Å². The van der Waals surface area contributed by atoms with Crippen molar-refractivity contribution in [3.63, 3.8) is 0 Å². The molecule has 0 aliphatic carbocycles. The number of anilines is 1. The first-order valence-electron chi connectivity index (χ1n) is 13.1. The second kappa shape index (κ2) is 12.6. The molecule has 0 radical (unpaired) electrons. The van der Waals surface area contributed by atoms with E-state index < -0.39 is 34.1 Å². The number of methoxy groups -OCH3 is 1. The van der Waals surface area contributed by atoms with E-state index in [4.69, 9.17) is 4.74 Å². The maximum atomic E-state index is 14.1. The lowest BCUT2D eigenvalue weighted by Crippen LogP contribution is -2.54. The minimum Gasteiger partial charge on any atom is -0.495 e. The van der Waals surface area contributed by atoms with E-state index in [9.17, 15) is 18.0 Å². The third kappa shape index (κ3) is 7.63. The van der Waals surface area contributed by atoms with Crippen molar-refractivity contribution in [3.05, 3.63) is 89.5 Å². The molecule has 0 heterocycles. The second-order valence-corrected chi connectivity index (χ2v) is 12.8. The molecule has 0 fully saturated rings. The number of nitrogens with zero attached hydrogens (tertiary/aromatic N) is 2. The Morgan fingerprint density at radius 1 is 0.925 bits per heavy atom. The van der Waals surface area contributed by atoms with E-state index in [0.717, 1.165) is 21.0 Å². The van der Waals surface area contributed by atoms with Crippen LogP contribution in [0.4, 0.5) is 5.69 Å². The third-order valence-electron chi connectivity index (χ3n) is 6.34. The number of carbonyl (C=O) groups excluding carboxylic acids is 2. The molecule has 8 nitrogen and oxygen atoms in total. The fourth-order valence-electron chi connectivity index (χ4n) is 4.25. The summed E-state index contributed by atoms with van der Waals surface area (Å²) in [7, 11) is -2.74. The molecule has 1 atom stereocenters. The Morgan fingerprint density at radius 2 is 1.57 bits per heavy atom. The van der Waals surface area contributed by atoms with Gasteiger partial charge in [0.2, 0.25) is 11.8 Å². The van der Waals surface area contributed by atoms with Crippen LogP contribution in [0.1, 0.15) is 44.4 Å². The van der Waals surface area contributed by atoms with Crippen molar-refractivity contribution in [1.82, 2.24) is 10.2 Å². The van der Waals surface area contributed by atoms with Crippen LogP contribution in [0.15, 0.2) is 77.7 Å². The lowest BCUT2D eigenvalue weighted by Gasteiger charge is -2.33. The molecule has 0 spiro atoms. The maximum Gasteiger partial charge on any atom is 0.264 e. The molecule has 9 heteroatoms. The number of carbonyl (C=O) groups is 2. The lowest BCUT2D eigenvalue weighted by atomic mass is 10.1. The monoisotopic (exact) mass is 565 g/mol. The number of rotatable bonds is 10. The van der Waals surface area contributed by atoms with E-state index in [1.165, 1.54) is 24.1 Å². The van der Waals surface area contributed by atoms with Crippen molar-refractivity contribution in [2.45, 2.75) is 64.6 Å². The third-order valence-corrected chi connectivity index (χ3v) is 8.12. The topological polar surface area (TPSA) is 96.0 Å². The first kappa shape index (κ1) is 30.7. The van der Waals surface area contributed by atoms with E-state index >= 15 is 0 Å². The molecule has 40 heavy (non-hydrogen) atoms. The molecule has 0 saturated heterocycles. The number of hydrogen-bond donors (Lipinski definition) is 1. The van der Waals surface area contributed by atoms with Gasteiger partial charge in [-0.1, -0.05) is 59.7 Å². The van der Waals surface area contributed by atoms with Crippen molar-refractivity contribution in [2.24, 2.45) is 0 Å². The van der Waals surface area contributed by atoms with Crippen molar-refractivity contribution in [2.75, 3.05) is 18.0 Å². The zero-order chi connectivity index (χ0) is 29.7. The van der Waals surface area contributed by atoms with Gasteiger partial charge < -0.3 is 15.0 Å². The van der Waals surface area contributed by atoms with Gasteiger partial charge in [-0.3, -0.25) is 13.9 Å². The Kier molecular flexibility index (Phi) is 9.63. The Bertz CT molecular complexity index is 1450. The fraction of sp³-hybridized carbons (Fsp3) is 0.355. The number of aryl methyl sites for hydroxylation is 2. The van der Waals surface area contributed by atoms with Gasteiger partial charge in [0, 0.05) is 12.1 Å². The second-order valence-electron chi connectivity index (χ2n) is 10.9. The molecule has 2 amide bonds. The summed E-state index contributed by atoms with van der Waals surface area (Å²) in [5.41, 5.74) is 2.45. The van der Waals surface area contributed by atoms with Gasteiger partial charge >= 0.3 is 0 Å². The summed E-state index contributed by atoms with van der Waals surface area (Å²) in [6.45, 7) is 10.6. The highest BCUT2D eigenvalue weighted by Crippen LogP contribution is 2.32. The first-order valence-corrected chi connectivity index (χ1v) is 14.6. The normalized spacial score (nSPS) is 12.4. The van der Waals surface area contributed by atoms with Gasteiger partial charge in [0.1, 0.15) is 18.3 Å². The van der Waals surface area contributed by atoms with Crippen molar-refractivity contribution >= 4 is 27.5 Å². The van der Waals surface area contributed by atoms with E-state index in [0.29, 0.717) is 5.75 Å². The van der Waals surface area contributed by atoms with Crippen molar-refractivity contribution in [1.29, 1.82) is 0 Å². The van der Waals surface area contributed by atoms with Gasteiger partial charge in [0.15, 0.2) is 0 Å². The van der Waals surface area contributed by atoms with E-state index in [-0.39, 0.29) is 23.0 Å². The van der Waals surface area contributed by atoms with Gasteiger partial charge in [-0.05, 0) is 71.4 Å². The van der Waals surface area contributed by atoms with Crippen LogP contribution in [0.25, 0.3) is 0 Å². The molecular weight excluding hydrogens is 526 g/mol. The largest absolute Gasteiger partial charge is 0.495 e. The minimum atomic E-state index is -4.18. The van der Waals surface area contributed by atoms with Crippen LogP contribution in [0, 0.1) is 13.8 Å². The standard InChI is InChI=1S/C31H39N3O5S/c1-22-15-17-26(18-16-22)40(37,38)34(27-13-8-9-14-28(27)39-7)21-29(35)33(20-25-12-10-11-23(2)19-25)24(3)30(36)32-31(4,5)6/h8-19,24H,20-21H2,1-7H3,(H,32,36)/t24-/m1/s1. The number of hydrogen-bond acceptors (Lipinski definition) is 5. The number of benzene rings is 3. The molecule has 0 unspecified atom stereocenters. The summed E-state index contributed by atoms with van der Waals surface area (Å²) in [6, 6.07) is 19.9. The maximum absolute atomic E-state index is 14.1. The Balaban J connectivity index is 2.08. The summed E-state index contributed by atoms with van der Waals surface area (Å²) in [5, 5.41) is 2.93. The SMILES string of the molecule is COc1ccccc1N(CC(=O)N(Cc1cccc(C)c1)[C@H](C)C(=O)NC(C)(C)C)S(=O)(=O)c1ccc(C)cc1. The highest BCUT2D eigenvalue weighted by Gasteiger charge is 2.34. The van der Waals surface area contributed by atoms with Crippen molar-refractivity contribution in [3.8, 4) is 5.75 Å². The lowest BCUT2D eigenvalue weighted by molar-refractivity contribution is -0.140. The van der Waals surface area contributed by atoms with Gasteiger partial charge in [-0.15, -0.1) is 0 Å². The zero-order valence-corrected chi connectivity index (χ0v) is 25.1. The quantitative estimate of drug-likeness (QED) is 0.380. The number of amides is 2. The van der Waals surface area contributed by atoms with E-state index in [1.54, 1.807) is 43.3 Å². The fourth-order valence-corrected chi connectivity index (χ4v) is 5.68. The van der Waals surface area contributed by atoms with Gasteiger partial charge in [-0.25, -0.2) is 8.42 Å². The number of ether oxygens (including phenoxy) is 1. The summed E-state index contributed by atoms with van der Waals surface area (Å²) in [6.07, 6.45) is 0. The first-order chi connectivity index (χ1) is 18.7.